The van der Waals surface area contributed by atoms with Gasteiger partial charge in [0.1, 0.15) is 0 Å². The lowest BCUT2D eigenvalue weighted by molar-refractivity contribution is -0.151. The Balaban J connectivity index is 3.05. The van der Waals surface area contributed by atoms with Crippen LogP contribution in [0.1, 0.15) is 47.5 Å². The average molecular weight is 239 g/mol. The van der Waals surface area contributed by atoms with E-state index in [4.69, 9.17) is 4.74 Å². The standard InChI is InChI=1S/C14H25NO2/c1-7-8-12(16)15-13(2,3)9-11(17-6)10-14(15,4)5/h7-8,11H,9-10H2,1-6H3. The molecule has 0 spiro atoms. The zero-order valence-electron chi connectivity index (χ0n) is 11.9. The molecule has 0 radical (unpaired) electrons. The molecule has 3 nitrogen and oxygen atoms in total. The first-order valence-electron chi connectivity index (χ1n) is 6.24. The molecule has 0 atom stereocenters. The molecule has 0 bridgehead atoms. The summed E-state index contributed by atoms with van der Waals surface area (Å²) in [5.41, 5.74) is -0.335. The Bertz CT molecular complexity index is 300. The Labute approximate surface area is 105 Å². The van der Waals surface area contributed by atoms with Crippen molar-refractivity contribution in [3.8, 4) is 0 Å². The summed E-state index contributed by atoms with van der Waals surface area (Å²) in [6.07, 6.45) is 5.45. The van der Waals surface area contributed by atoms with Crippen LogP contribution in [0.5, 0.6) is 0 Å². The summed E-state index contributed by atoms with van der Waals surface area (Å²) >= 11 is 0. The Morgan fingerprint density at radius 2 is 1.71 bits per heavy atom. The zero-order chi connectivity index (χ0) is 13.3. The number of ether oxygens (including phenoxy) is 1. The van der Waals surface area contributed by atoms with Gasteiger partial charge in [-0.1, -0.05) is 6.08 Å². The number of carbonyl (C=O) groups excluding carboxylic acids is 1. The molecular formula is C14H25NO2. The van der Waals surface area contributed by atoms with Crippen LogP contribution in [-0.2, 0) is 9.53 Å². The number of likely N-dealkylation sites (tertiary alicyclic amines) is 1. The van der Waals surface area contributed by atoms with Gasteiger partial charge in [-0.2, -0.15) is 0 Å². The summed E-state index contributed by atoms with van der Waals surface area (Å²) in [5.74, 6) is 0.0945. The van der Waals surface area contributed by atoms with Crippen LogP contribution in [0, 0.1) is 0 Å². The van der Waals surface area contributed by atoms with E-state index in [-0.39, 0.29) is 23.1 Å². The van der Waals surface area contributed by atoms with Gasteiger partial charge in [-0.3, -0.25) is 4.79 Å². The molecule has 17 heavy (non-hydrogen) atoms. The van der Waals surface area contributed by atoms with Crippen molar-refractivity contribution in [1.82, 2.24) is 4.90 Å². The smallest absolute Gasteiger partial charge is 0.247 e. The fourth-order valence-electron chi connectivity index (χ4n) is 3.17. The van der Waals surface area contributed by atoms with Crippen LogP contribution in [0.2, 0.25) is 0 Å². The number of allylic oxidation sites excluding steroid dienone is 1. The molecule has 1 rings (SSSR count). The molecule has 0 aliphatic carbocycles. The molecule has 3 heteroatoms. The van der Waals surface area contributed by atoms with Crippen LogP contribution >= 0.6 is 0 Å². The lowest BCUT2D eigenvalue weighted by Gasteiger charge is -2.54. The van der Waals surface area contributed by atoms with Crippen molar-refractivity contribution in [3.05, 3.63) is 12.2 Å². The van der Waals surface area contributed by atoms with Crippen LogP contribution in [0.25, 0.3) is 0 Å². The second-order valence-corrected chi connectivity index (χ2v) is 6.06. The third-order valence-corrected chi connectivity index (χ3v) is 3.53. The van der Waals surface area contributed by atoms with E-state index >= 15 is 0 Å². The largest absolute Gasteiger partial charge is 0.381 e. The number of rotatable bonds is 2. The number of amides is 1. The molecule has 1 amide bonds. The van der Waals surface area contributed by atoms with Gasteiger partial charge in [-0.05, 0) is 53.5 Å². The number of carbonyl (C=O) groups is 1. The van der Waals surface area contributed by atoms with E-state index in [1.807, 2.05) is 11.8 Å². The first-order valence-corrected chi connectivity index (χ1v) is 6.24. The van der Waals surface area contributed by atoms with Crippen LogP contribution < -0.4 is 0 Å². The first-order chi connectivity index (χ1) is 7.74. The van der Waals surface area contributed by atoms with E-state index in [0.29, 0.717) is 0 Å². The normalized spacial score (nSPS) is 24.2. The van der Waals surface area contributed by atoms with Crippen molar-refractivity contribution in [1.29, 1.82) is 0 Å². The summed E-state index contributed by atoms with van der Waals surface area (Å²) in [6.45, 7) is 10.3. The maximum atomic E-state index is 12.2. The number of hydrogen-bond acceptors (Lipinski definition) is 2. The third kappa shape index (κ3) is 2.89. The quantitative estimate of drug-likeness (QED) is 0.693. The lowest BCUT2D eigenvalue weighted by atomic mass is 9.78. The third-order valence-electron chi connectivity index (χ3n) is 3.53. The highest BCUT2D eigenvalue weighted by Crippen LogP contribution is 2.39. The molecule has 0 aromatic heterocycles. The molecular weight excluding hydrogens is 214 g/mol. The lowest BCUT2D eigenvalue weighted by Crippen LogP contribution is -2.63. The van der Waals surface area contributed by atoms with Crippen LogP contribution in [-0.4, -0.2) is 35.1 Å². The summed E-state index contributed by atoms with van der Waals surface area (Å²) in [4.78, 5) is 14.2. The molecule has 1 aliphatic rings. The van der Waals surface area contributed by atoms with E-state index in [2.05, 4.69) is 27.7 Å². The number of hydrogen-bond donors (Lipinski definition) is 0. The topological polar surface area (TPSA) is 29.5 Å². The highest BCUT2D eigenvalue weighted by atomic mass is 16.5. The maximum Gasteiger partial charge on any atom is 0.247 e. The second kappa shape index (κ2) is 4.81. The minimum Gasteiger partial charge on any atom is -0.381 e. The molecule has 1 heterocycles. The van der Waals surface area contributed by atoms with Crippen molar-refractivity contribution >= 4 is 5.91 Å². The van der Waals surface area contributed by atoms with Crippen LogP contribution in [0.4, 0.5) is 0 Å². The van der Waals surface area contributed by atoms with Crippen LogP contribution in [0.15, 0.2) is 12.2 Å². The number of piperidine rings is 1. The van der Waals surface area contributed by atoms with Gasteiger partial charge in [-0.25, -0.2) is 0 Å². The van der Waals surface area contributed by atoms with Crippen molar-refractivity contribution < 1.29 is 9.53 Å². The molecule has 1 aliphatic heterocycles. The van der Waals surface area contributed by atoms with Crippen molar-refractivity contribution in [3.63, 3.8) is 0 Å². The van der Waals surface area contributed by atoms with Gasteiger partial charge in [0.15, 0.2) is 0 Å². The zero-order valence-corrected chi connectivity index (χ0v) is 11.9. The molecule has 1 fully saturated rings. The maximum absolute atomic E-state index is 12.2. The van der Waals surface area contributed by atoms with E-state index in [1.54, 1.807) is 19.3 Å². The van der Waals surface area contributed by atoms with Crippen molar-refractivity contribution in [2.45, 2.75) is 64.6 Å². The minimum absolute atomic E-state index is 0.0945. The Morgan fingerprint density at radius 1 is 1.24 bits per heavy atom. The van der Waals surface area contributed by atoms with Gasteiger partial charge >= 0.3 is 0 Å². The minimum atomic E-state index is -0.168. The fraction of sp³-hybridized carbons (Fsp3) is 0.786. The van der Waals surface area contributed by atoms with E-state index in [1.165, 1.54) is 0 Å². The first kappa shape index (κ1) is 14.2. The Morgan fingerprint density at radius 3 is 2.06 bits per heavy atom. The second-order valence-electron chi connectivity index (χ2n) is 6.06. The van der Waals surface area contributed by atoms with Gasteiger partial charge < -0.3 is 9.64 Å². The SMILES string of the molecule is CC=CC(=O)N1C(C)(C)CC(OC)CC1(C)C. The van der Waals surface area contributed by atoms with Gasteiger partial charge in [0.05, 0.1) is 6.10 Å². The van der Waals surface area contributed by atoms with Crippen molar-refractivity contribution in [2.75, 3.05) is 7.11 Å². The van der Waals surface area contributed by atoms with Gasteiger partial charge in [-0.15, -0.1) is 0 Å². The monoisotopic (exact) mass is 239 g/mol. The molecule has 0 saturated carbocycles. The molecule has 0 unspecified atom stereocenters. The number of methoxy groups -OCH3 is 1. The van der Waals surface area contributed by atoms with Crippen molar-refractivity contribution in [2.24, 2.45) is 0 Å². The molecule has 98 valence electrons. The summed E-state index contributed by atoms with van der Waals surface area (Å²) < 4.78 is 5.49. The average Bonchev–Trinajstić information content (AvgIpc) is 2.13. The van der Waals surface area contributed by atoms with Gasteiger partial charge in [0.25, 0.3) is 0 Å². The summed E-state index contributed by atoms with van der Waals surface area (Å²) in [6, 6.07) is 0. The molecule has 0 N–H and O–H groups in total. The summed E-state index contributed by atoms with van der Waals surface area (Å²) in [7, 11) is 1.75. The predicted molar refractivity (Wildman–Crippen MR) is 69.8 cm³/mol. The van der Waals surface area contributed by atoms with E-state index < -0.39 is 0 Å². The van der Waals surface area contributed by atoms with Gasteiger partial charge in [0.2, 0.25) is 5.91 Å². The Kier molecular flexibility index (Phi) is 4.03. The highest BCUT2D eigenvalue weighted by Gasteiger charge is 2.47. The van der Waals surface area contributed by atoms with Gasteiger partial charge in [0, 0.05) is 18.2 Å². The van der Waals surface area contributed by atoms with Crippen LogP contribution in [0.3, 0.4) is 0 Å². The fourth-order valence-corrected chi connectivity index (χ4v) is 3.17. The molecule has 0 aromatic rings. The predicted octanol–water partition coefficient (Wildman–Crippen LogP) is 2.76. The highest BCUT2D eigenvalue weighted by molar-refractivity contribution is 5.88. The molecule has 0 aromatic carbocycles. The number of nitrogens with zero attached hydrogens (tertiary/aromatic N) is 1. The van der Waals surface area contributed by atoms with E-state index in [0.717, 1.165) is 12.8 Å². The molecule has 1 saturated heterocycles. The Hall–Kier alpha value is -0.830. The summed E-state index contributed by atoms with van der Waals surface area (Å²) in [5, 5.41) is 0. The van der Waals surface area contributed by atoms with E-state index in [9.17, 15) is 4.79 Å².